The van der Waals surface area contributed by atoms with Gasteiger partial charge in [-0.1, -0.05) is 47.2 Å². The molecule has 3 aromatic carbocycles. The fraction of sp³-hybridized carbons (Fsp3) is 0.333. The Morgan fingerprint density at radius 3 is 2.45 bits per heavy atom. The van der Waals surface area contributed by atoms with Gasteiger partial charge >= 0.3 is 4.87 Å². The minimum atomic E-state index is -0.383. The number of aromatic nitrogens is 1. The van der Waals surface area contributed by atoms with Gasteiger partial charge in [-0.3, -0.25) is 24.1 Å². The standard InChI is InChI=1S/C36H33N3O6S2/c1-17-7-10-21(11-8-17)39-34(41)29-22-15-23(30(29)35(39)42)31-28(22)27(32-33(46-31)38-36(43)47-32)19-9-12-24(25(14-19)44-3)45-16-26(40)37-20-6-4-5-18(2)13-20/h4-14,22-23,27-31H,15-16H2,1-3H3,(H,37,40)(H,38,43)/t22?,23?,27-,28?,29?,30?,31?/m1/s1. The number of imide groups is 1. The Hall–Kier alpha value is -4.35. The van der Waals surface area contributed by atoms with Gasteiger partial charge in [-0.25, -0.2) is 0 Å². The zero-order valence-electron chi connectivity index (χ0n) is 26.0. The molecule has 2 N–H and O–H groups in total. The Kier molecular flexibility index (Phi) is 7.29. The van der Waals surface area contributed by atoms with Crippen LogP contribution in [0.4, 0.5) is 11.4 Å². The van der Waals surface area contributed by atoms with Gasteiger partial charge in [0, 0.05) is 21.7 Å². The van der Waals surface area contributed by atoms with Crippen LogP contribution in [0, 0.1) is 43.4 Å². The minimum absolute atomic E-state index is 0.00279. The van der Waals surface area contributed by atoms with E-state index in [1.54, 1.807) is 24.9 Å². The lowest BCUT2D eigenvalue weighted by molar-refractivity contribution is -0.123. The van der Waals surface area contributed by atoms with E-state index in [0.717, 1.165) is 33.0 Å². The molecule has 3 amide bonds. The van der Waals surface area contributed by atoms with Crippen LogP contribution in [-0.4, -0.2) is 41.7 Å². The van der Waals surface area contributed by atoms with E-state index in [1.807, 2.05) is 74.5 Å². The molecule has 3 fully saturated rings. The molecule has 2 bridgehead atoms. The lowest BCUT2D eigenvalue weighted by Crippen LogP contribution is -2.42. The first-order valence-electron chi connectivity index (χ1n) is 15.7. The van der Waals surface area contributed by atoms with Crippen LogP contribution in [-0.2, 0) is 14.4 Å². The normalized spacial score (nSPS) is 27.0. The molecular weight excluding hydrogens is 635 g/mol. The number of carbonyl (C=O) groups is 3. The molecule has 2 saturated carbocycles. The largest absolute Gasteiger partial charge is 0.493 e. The maximum absolute atomic E-state index is 14.0. The quantitative estimate of drug-likeness (QED) is 0.241. The Bertz CT molecular complexity index is 1990. The maximum Gasteiger partial charge on any atom is 0.305 e. The molecular formula is C36H33N3O6S2. The van der Waals surface area contributed by atoms with Gasteiger partial charge < -0.3 is 19.8 Å². The average molecular weight is 668 g/mol. The number of carbonyl (C=O) groups excluding carboxylic acids is 3. The summed E-state index contributed by atoms with van der Waals surface area (Å²) in [5, 5.41) is 3.77. The third-order valence-corrected chi connectivity index (χ3v) is 12.8. The zero-order chi connectivity index (χ0) is 32.6. The van der Waals surface area contributed by atoms with Crippen molar-refractivity contribution in [2.24, 2.45) is 29.6 Å². The van der Waals surface area contributed by atoms with Crippen LogP contribution in [0.2, 0.25) is 0 Å². The summed E-state index contributed by atoms with van der Waals surface area (Å²) in [5.74, 6) is -0.429. The van der Waals surface area contributed by atoms with Crippen molar-refractivity contribution in [3.05, 3.63) is 98.0 Å². The van der Waals surface area contributed by atoms with Crippen molar-refractivity contribution in [2.45, 2.75) is 36.5 Å². The number of H-pyrrole nitrogens is 1. The van der Waals surface area contributed by atoms with Crippen LogP contribution in [0.15, 0.2) is 76.6 Å². The number of nitrogens with one attached hydrogen (secondary N) is 2. The molecule has 7 atom stereocenters. The minimum Gasteiger partial charge on any atom is -0.493 e. The second-order valence-corrected chi connectivity index (χ2v) is 15.1. The molecule has 1 saturated heterocycles. The number of thiazole rings is 1. The van der Waals surface area contributed by atoms with Crippen molar-refractivity contribution < 1.29 is 23.9 Å². The molecule has 8 rings (SSSR count). The average Bonchev–Trinajstić information content (AvgIpc) is 3.79. The summed E-state index contributed by atoms with van der Waals surface area (Å²) in [6.45, 7) is 3.74. The van der Waals surface area contributed by atoms with Crippen molar-refractivity contribution in [2.75, 3.05) is 23.9 Å². The highest BCUT2D eigenvalue weighted by molar-refractivity contribution is 8.00. The first-order chi connectivity index (χ1) is 22.7. The van der Waals surface area contributed by atoms with Crippen molar-refractivity contribution in [3.63, 3.8) is 0 Å². The molecule has 2 aliphatic carbocycles. The first kappa shape index (κ1) is 30.0. The second kappa shape index (κ2) is 11.4. The molecule has 240 valence electrons. The van der Waals surface area contributed by atoms with Gasteiger partial charge in [0.1, 0.15) is 0 Å². The number of aromatic amines is 1. The molecule has 3 heterocycles. The highest BCUT2D eigenvalue weighted by Crippen LogP contribution is 2.68. The van der Waals surface area contributed by atoms with Gasteiger partial charge in [-0.05, 0) is 85.5 Å². The van der Waals surface area contributed by atoms with E-state index in [0.29, 0.717) is 22.9 Å². The van der Waals surface area contributed by atoms with E-state index in [-0.39, 0.29) is 70.0 Å². The second-order valence-electron chi connectivity index (χ2n) is 12.9. The molecule has 4 aromatic rings. The fourth-order valence-electron chi connectivity index (χ4n) is 8.40. The molecule has 9 nitrogen and oxygen atoms in total. The van der Waals surface area contributed by atoms with E-state index in [9.17, 15) is 19.2 Å². The Labute approximate surface area is 279 Å². The number of anilines is 2. The summed E-state index contributed by atoms with van der Waals surface area (Å²) in [4.78, 5) is 58.5. The molecule has 4 aliphatic rings. The third kappa shape index (κ3) is 4.90. The van der Waals surface area contributed by atoms with Gasteiger partial charge in [0.2, 0.25) is 11.8 Å². The highest BCUT2D eigenvalue weighted by atomic mass is 32.2. The maximum atomic E-state index is 14.0. The van der Waals surface area contributed by atoms with Gasteiger partial charge in [-0.2, -0.15) is 0 Å². The van der Waals surface area contributed by atoms with Crippen LogP contribution >= 0.6 is 23.1 Å². The third-order valence-electron chi connectivity index (χ3n) is 10.2. The summed E-state index contributed by atoms with van der Waals surface area (Å²) < 4.78 is 11.7. The van der Waals surface area contributed by atoms with E-state index >= 15 is 0 Å². The SMILES string of the molecule is COc1cc([C@H]2c3sc(=O)[nH]c3SC3C4CC(C5C(=O)N(c6ccc(C)cc6)C(=O)C45)C32)ccc1OCC(=O)Nc1cccc(C)c1. The first-order valence-corrected chi connectivity index (χ1v) is 17.4. The number of ether oxygens (including phenoxy) is 2. The van der Waals surface area contributed by atoms with E-state index in [2.05, 4.69) is 10.3 Å². The Morgan fingerprint density at radius 2 is 1.70 bits per heavy atom. The van der Waals surface area contributed by atoms with Crippen molar-refractivity contribution >= 4 is 52.2 Å². The Balaban J connectivity index is 1.09. The summed E-state index contributed by atoms with van der Waals surface area (Å²) in [5.41, 5.74) is 4.38. The molecule has 11 heteroatoms. The van der Waals surface area contributed by atoms with Gasteiger partial charge in [0.25, 0.3) is 5.91 Å². The number of hydrogen-bond donors (Lipinski definition) is 2. The lowest BCUT2D eigenvalue weighted by Gasteiger charge is -2.43. The molecule has 2 aliphatic heterocycles. The molecule has 0 radical (unpaired) electrons. The van der Waals surface area contributed by atoms with Gasteiger partial charge in [-0.15, -0.1) is 11.8 Å². The molecule has 0 spiro atoms. The number of amides is 3. The number of aryl methyl sites for hydroxylation is 2. The number of hydrogen-bond acceptors (Lipinski definition) is 8. The fourth-order valence-corrected chi connectivity index (χ4v) is 11.3. The number of fused-ring (bicyclic) bond motifs is 9. The molecule has 1 aromatic heterocycles. The van der Waals surface area contributed by atoms with Crippen molar-refractivity contribution in [1.29, 1.82) is 0 Å². The van der Waals surface area contributed by atoms with Crippen LogP contribution < -0.4 is 24.6 Å². The van der Waals surface area contributed by atoms with Crippen LogP contribution in [0.3, 0.4) is 0 Å². The van der Waals surface area contributed by atoms with Gasteiger partial charge in [0.05, 0.1) is 29.7 Å². The smallest absolute Gasteiger partial charge is 0.305 e. The molecule has 47 heavy (non-hydrogen) atoms. The van der Waals surface area contributed by atoms with Crippen LogP contribution in [0.25, 0.3) is 0 Å². The molecule has 6 unspecified atom stereocenters. The highest BCUT2D eigenvalue weighted by Gasteiger charge is 2.69. The Morgan fingerprint density at radius 1 is 0.936 bits per heavy atom. The topological polar surface area (TPSA) is 118 Å². The van der Waals surface area contributed by atoms with Crippen LogP contribution in [0.5, 0.6) is 11.5 Å². The predicted octanol–water partition coefficient (Wildman–Crippen LogP) is 5.76. The van der Waals surface area contributed by atoms with Crippen LogP contribution in [0.1, 0.15) is 33.9 Å². The predicted molar refractivity (Wildman–Crippen MR) is 180 cm³/mol. The van der Waals surface area contributed by atoms with E-state index in [4.69, 9.17) is 9.47 Å². The number of nitrogens with zero attached hydrogens (tertiary/aromatic N) is 1. The summed E-state index contributed by atoms with van der Waals surface area (Å²) in [6.07, 6.45) is 0.806. The zero-order valence-corrected chi connectivity index (χ0v) is 27.7. The summed E-state index contributed by atoms with van der Waals surface area (Å²) >= 11 is 2.87. The number of thioether (sulfide) groups is 1. The number of rotatable bonds is 7. The lowest BCUT2D eigenvalue weighted by atomic mass is 9.68. The van der Waals surface area contributed by atoms with Crippen molar-refractivity contribution in [1.82, 2.24) is 4.98 Å². The monoisotopic (exact) mass is 667 g/mol. The number of benzene rings is 3. The summed E-state index contributed by atoms with van der Waals surface area (Å²) in [7, 11) is 1.56. The van der Waals surface area contributed by atoms with Gasteiger partial charge in [0.15, 0.2) is 18.1 Å². The summed E-state index contributed by atoms with van der Waals surface area (Å²) in [6, 6.07) is 20.8. The van der Waals surface area contributed by atoms with Crippen molar-refractivity contribution in [3.8, 4) is 11.5 Å². The van der Waals surface area contributed by atoms with E-state index < -0.39 is 0 Å². The number of methoxy groups -OCH3 is 1. The van der Waals surface area contributed by atoms with E-state index in [1.165, 1.54) is 16.2 Å².